The van der Waals surface area contributed by atoms with Crippen molar-refractivity contribution >= 4 is 28.4 Å². The molecule has 36 heavy (non-hydrogen) atoms. The van der Waals surface area contributed by atoms with Crippen LogP contribution in [0.4, 0.5) is 5.69 Å². The van der Waals surface area contributed by atoms with Crippen LogP contribution in [0.15, 0.2) is 35.9 Å². The molecular weight excluding hydrogens is 458 g/mol. The van der Waals surface area contributed by atoms with Crippen molar-refractivity contribution in [2.75, 3.05) is 26.0 Å². The van der Waals surface area contributed by atoms with Gasteiger partial charge < -0.3 is 25.2 Å². The second-order valence-electron chi connectivity index (χ2n) is 10.0. The van der Waals surface area contributed by atoms with Gasteiger partial charge >= 0.3 is 0 Å². The van der Waals surface area contributed by atoms with Crippen molar-refractivity contribution in [2.24, 2.45) is 5.73 Å². The van der Waals surface area contributed by atoms with Gasteiger partial charge in [0.05, 0.1) is 18.3 Å². The summed E-state index contributed by atoms with van der Waals surface area (Å²) >= 11 is 0. The zero-order valence-electron chi connectivity index (χ0n) is 21.6. The van der Waals surface area contributed by atoms with Crippen molar-refractivity contribution in [3.63, 3.8) is 0 Å². The van der Waals surface area contributed by atoms with Gasteiger partial charge in [-0.15, -0.1) is 0 Å². The number of nitrogens with one attached hydrogen (secondary N) is 3. The van der Waals surface area contributed by atoms with Crippen LogP contribution in [-0.2, 0) is 4.79 Å². The Kier molecular flexibility index (Phi) is 6.23. The van der Waals surface area contributed by atoms with Crippen LogP contribution in [0.1, 0.15) is 57.2 Å². The molecular formula is C26H37N7O3. The number of benzene rings is 1. The van der Waals surface area contributed by atoms with E-state index in [9.17, 15) is 9.59 Å². The van der Waals surface area contributed by atoms with E-state index in [4.69, 9.17) is 10.5 Å². The number of hydrogen-bond acceptors (Lipinski definition) is 8. The van der Waals surface area contributed by atoms with Crippen molar-refractivity contribution in [3.05, 3.63) is 35.9 Å². The maximum absolute atomic E-state index is 13.4. The van der Waals surface area contributed by atoms with Gasteiger partial charge in [0, 0.05) is 49.7 Å². The number of ether oxygens (including phenoxy) is 1. The van der Waals surface area contributed by atoms with Crippen LogP contribution in [0.3, 0.4) is 0 Å². The average molecular weight is 496 g/mol. The van der Waals surface area contributed by atoms with Gasteiger partial charge in [-0.3, -0.25) is 25.2 Å². The van der Waals surface area contributed by atoms with Gasteiger partial charge in [0.2, 0.25) is 11.8 Å². The van der Waals surface area contributed by atoms with Crippen molar-refractivity contribution in [1.29, 1.82) is 0 Å². The lowest BCUT2D eigenvalue weighted by atomic mass is 10.0. The number of carbonyl (C=O) groups is 2. The number of aromatic nitrogens is 1. The molecule has 1 unspecified atom stereocenters. The maximum Gasteiger partial charge on any atom is 0.275 e. The van der Waals surface area contributed by atoms with E-state index in [0.29, 0.717) is 35.6 Å². The highest BCUT2D eigenvalue weighted by molar-refractivity contribution is 5.97. The first-order valence-electron chi connectivity index (χ1n) is 12.9. The lowest BCUT2D eigenvalue weighted by Gasteiger charge is -2.52. The Bertz CT molecular complexity index is 1220. The van der Waals surface area contributed by atoms with E-state index in [-0.39, 0.29) is 11.8 Å². The molecule has 1 aromatic heterocycles. The summed E-state index contributed by atoms with van der Waals surface area (Å²) in [5.41, 5.74) is 8.76. The van der Waals surface area contributed by atoms with Gasteiger partial charge in [0.1, 0.15) is 17.3 Å². The minimum absolute atomic E-state index is 0.00244. The molecule has 0 bridgehead atoms. The first kappa shape index (κ1) is 24.3. The third kappa shape index (κ3) is 4.03. The molecule has 10 nitrogen and oxygen atoms in total. The van der Waals surface area contributed by atoms with E-state index in [2.05, 4.69) is 27.8 Å². The topological polar surface area (TPSA) is 117 Å². The minimum atomic E-state index is -1.44. The van der Waals surface area contributed by atoms with E-state index in [0.717, 1.165) is 42.5 Å². The van der Waals surface area contributed by atoms with Gasteiger partial charge in [-0.05, 0) is 31.4 Å². The van der Waals surface area contributed by atoms with Crippen LogP contribution in [0, 0.1) is 0 Å². The molecule has 2 atom stereocenters. The van der Waals surface area contributed by atoms with Crippen molar-refractivity contribution < 1.29 is 14.3 Å². The number of amides is 1. The predicted octanol–water partition coefficient (Wildman–Crippen LogP) is 2.54. The van der Waals surface area contributed by atoms with Crippen LogP contribution >= 0.6 is 0 Å². The molecule has 0 saturated heterocycles. The number of nitrogens with zero attached hydrogens (tertiary/aromatic N) is 3. The Morgan fingerprint density at radius 2 is 2.00 bits per heavy atom. The molecule has 2 aromatic rings. The fraction of sp³-hybridized carbons (Fsp3) is 0.538. The van der Waals surface area contributed by atoms with Gasteiger partial charge in [0.25, 0.3) is 5.91 Å². The van der Waals surface area contributed by atoms with Crippen LogP contribution in [-0.4, -0.2) is 64.9 Å². The van der Waals surface area contributed by atoms with E-state index in [1.54, 1.807) is 17.9 Å². The third-order valence-corrected chi connectivity index (χ3v) is 7.69. The summed E-state index contributed by atoms with van der Waals surface area (Å²) in [6.07, 6.45) is 7.77. The third-order valence-electron chi connectivity index (χ3n) is 7.69. The van der Waals surface area contributed by atoms with Crippen LogP contribution in [0.25, 0.3) is 10.9 Å². The molecule has 1 aliphatic carbocycles. The molecule has 3 heterocycles. The zero-order valence-corrected chi connectivity index (χ0v) is 21.6. The number of methoxy groups -OCH3 is 1. The first-order chi connectivity index (χ1) is 17.3. The van der Waals surface area contributed by atoms with Gasteiger partial charge in [-0.25, -0.2) is 0 Å². The maximum atomic E-state index is 13.4. The van der Waals surface area contributed by atoms with Gasteiger partial charge in [-0.2, -0.15) is 0 Å². The summed E-state index contributed by atoms with van der Waals surface area (Å²) in [6.45, 7) is 4.82. The Labute approximate surface area is 211 Å². The average Bonchev–Trinajstić information content (AvgIpc) is 3.52. The summed E-state index contributed by atoms with van der Waals surface area (Å²) in [5, 5.41) is 10.5. The molecule has 1 fully saturated rings. The molecule has 0 spiro atoms. The quantitative estimate of drug-likeness (QED) is 0.452. The fourth-order valence-electron chi connectivity index (χ4n) is 5.92. The molecule has 10 heteroatoms. The molecule has 3 aliphatic rings. The van der Waals surface area contributed by atoms with Crippen molar-refractivity contribution in [1.82, 2.24) is 25.0 Å². The SMILES string of the molecule is CCC(=O)n1ccc2cc(N[C@@]3(N)NC(=O)C4=C(N3)N(C3CCCC3)C(CC)CN4C)c(OC)cc21. The molecule has 5 rings (SSSR count). The Morgan fingerprint density at radius 3 is 2.67 bits per heavy atom. The molecule has 5 N–H and O–H groups in total. The normalized spacial score (nSPS) is 24.6. The Morgan fingerprint density at radius 1 is 1.25 bits per heavy atom. The fourth-order valence-corrected chi connectivity index (χ4v) is 5.92. The van der Waals surface area contributed by atoms with Gasteiger partial charge in [-0.1, -0.05) is 26.7 Å². The van der Waals surface area contributed by atoms with Crippen LogP contribution < -0.4 is 26.4 Å². The van der Waals surface area contributed by atoms with E-state index in [1.807, 2.05) is 37.1 Å². The standard InChI is InChI=1S/C26H37N7O3/c1-5-17-15-31(3)23-24(33(17)18-9-7-8-10-18)29-26(27,30-25(23)35)28-19-13-16-11-12-32(22(34)6-2)20(16)14-21(19)36-4/h11-14,17-18,28-29H,5-10,15,27H2,1-4H3,(H,30,35)/t17?,26-/m1/s1. The Balaban J connectivity index is 1.51. The number of rotatable bonds is 6. The van der Waals surface area contributed by atoms with Crippen LogP contribution in [0.5, 0.6) is 5.75 Å². The summed E-state index contributed by atoms with van der Waals surface area (Å²) in [5.74, 6) is -0.361. The number of likely N-dealkylation sites (N-methyl/N-ethyl adjacent to an activating group) is 1. The summed E-state index contributed by atoms with van der Waals surface area (Å²) in [4.78, 5) is 30.2. The first-order valence-corrected chi connectivity index (χ1v) is 12.9. The van der Waals surface area contributed by atoms with Crippen molar-refractivity contribution in [2.45, 2.75) is 70.4 Å². The molecule has 194 valence electrons. The summed E-state index contributed by atoms with van der Waals surface area (Å²) < 4.78 is 7.28. The molecule has 2 aliphatic heterocycles. The van der Waals surface area contributed by atoms with Crippen LogP contribution in [0.2, 0.25) is 0 Å². The molecule has 1 aromatic carbocycles. The second kappa shape index (κ2) is 9.24. The van der Waals surface area contributed by atoms with Gasteiger partial charge in [0.15, 0.2) is 0 Å². The highest BCUT2D eigenvalue weighted by Gasteiger charge is 2.45. The predicted molar refractivity (Wildman–Crippen MR) is 139 cm³/mol. The number of fused-ring (bicyclic) bond motifs is 1. The zero-order chi connectivity index (χ0) is 25.6. The van der Waals surface area contributed by atoms with E-state index >= 15 is 0 Å². The number of hydrogen-bond donors (Lipinski definition) is 4. The van der Waals surface area contributed by atoms with E-state index in [1.165, 1.54) is 12.8 Å². The number of carbonyl (C=O) groups excluding carboxylic acids is 2. The van der Waals surface area contributed by atoms with Crippen molar-refractivity contribution in [3.8, 4) is 5.75 Å². The molecule has 0 radical (unpaired) electrons. The summed E-state index contributed by atoms with van der Waals surface area (Å²) in [7, 11) is 3.53. The second-order valence-corrected chi connectivity index (χ2v) is 10.0. The highest BCUT2D eigenvalue weighted by atomic mass is 16.5. The largest absolute Gasteiger partial charge is 0.495 e. The smallest absolute Gasteiger partial charge is 0.275 e. The van der Waals surface area contributed by atoms with E-state index < -0.39 is 5.91 Å². The Hall–Kier alpha value is -3.40. The monoisotopic (exact) mass is 495 g/mol. The molecule has 1 saturated carbocycles. The molecule has 1 amide bonds. The lowest BCUT2D eigenvalue weighted by Crippen LogP contribution is -2.76. The highest BCUT2D eigenvalue weighted by Crippen LogP contribution is 2.36. The summed E-state index contributed by atoms with van der Waals surface area (Å²) in [6, 6.07) is 6.26. The number of anilines is 1. The lowest BCUT2D eigenvalue weighted by molar-refractivity contribution is -0.123. The minimum Gasteiger partial charge on any atom is -0.495 e. The number of nitrogens with two attached hydrogens (primary N) is 1.